The summed E-state index contributed by atoms with van der Waals surface area (Å²) < 4.78 is 7.67. The molecule has 33 heavy (non-hydrogen) atoms. The van der Waals surface area contributed by atoms with Gasteiger partial charge in [0.15, 0.2) is 5.11 Å². The van der Waals surface area contributed by atoms with Crippen LogP contribution in [0.15, 0.2) is 91.1 Å². The van der Waals surface area contributed by atoms with Gasteiger partial charge in [-0.2, -0.15) is 0 Å². The number of nitrogens with zero attached hydrogens (tertiary/aromatic N) is 3. The quantitative estimate of drug-likeness (QED) is 0.397. The topological polar surface area (TPSA) is 42.3 Å². The average molecular weight is 455 g/mol. The second kappa shape index (κ2) is 9.08. The normalized spacial score (nSPS) is 17.8. The van der Waals surface area contributed by atoms with Crippen molar-refractivity contribution in [3.8, 4) is 11.4 Å². The van der Waals surface area contributed by atoms with E-state index in [2.05, 4.69) is 81.3 Å². The Hall–Kier alpha value is -3.64. The van der Waals surface area contributed by atoms with Gasteiger partial charge in [0.25, 0.3) is 0 Å². The van der Waals surface area contributed by atoms with Crippen molar-refractivity contribution in [2.24, 2.45) is 0 Å². The van der Waals surface area contributed by atoms with Gasteiger partial charge in [-0.3, -0.25) is 4.98 Å². The molecule has 2 aromatic carbocycles. The van der Waals surface area contributed by atoms with E-state index in [0.717, 1.165) is 33.6 Å². The van der Waals surface area contributed by atoms with Crippen LogP contribution in [0.1, 0.15) is 34.7 Å². The van der Waals surface area contributed by atoms with E-state index < -0.39 is 0 Å². The lowest BCUT2D eigenvalue weighted by Gasteiger charge is -2.29. The fourth-order valence-electron chi connectivity index (χ4n) is 4.55. The van der Waals surface area contributed by atoms with Crippen LogP contribution in [0.3, 0.4) is 0 Å². The van der Waals surface area contributed by atoms with E-state index in [1.54, 1.807) is 7.11 Å². The smallest absolute Gasteiger partial charge is 0.170 e. The van der Waals surface area contributed by atoms with Gasteiger partial charge in [0.2, 0.25) is 0 Å². The van der Waals surface area contributed by atoms with E-state index in [1.807, 2.05) is 36.5 Å². The number of ether oxygens (including phenoxy) is 1. The molecule has 1 fully saturated rings. The van der Waals surface area contributed by atoms with Gasteiger partial charge in [-0.05, 0) is 73.2 Å². The number of rotatable bonds is 6. The van der Waals surface area contributed by atoms with Crippen LogP contribution >= 0.6 is 12.2 Å². The van der Waals surface area contributed by atoms with E-state index in [9.17, 15) is 0 Å². The summed E-state index contributed by atoms with van der Waals surface area (Å²) in [6.45, 7) is 2.85. The highest BCUT2D eigenvalue weighted by Crippen LogP contribution is 2.41. The maximum Gasteiger partial charge on any atom is 0.170 e. The van der Waals surface area contributed by atoms with Crippen LogP contribution < -0.4 is 10.1 Å². The number of methoxy groups -OCH3 is 1. The lowest BCUT2D eigenvalue weighted by Crippen LogP contribution is -2.30. The molecule has 0 amide bonds. The zero-order chi connectivity index (χ0) is 22.8. The fourth-order valence-corrected chi connectivity index (χ4v) is 4.86. The highest BCUT2D eigenvalue weighted by molar-refractivity contribution is 7.80. The van der Waals surface area contributed by atoms with Gasteiger partial charge in [-0.25, -0.2) is 0 Å². The molecule has 5 rings (SSSR count). The molecule has 4 aromatic rings. The summed E-state index contributed by atoms with van der Waals surface area (Å²) in [5.41, 5.74) is 5.60. The first-order chi connectivity index (χ1) is 16.2. The number of nitrogens with one attached hydrogen (secondary N) is 1. The first-order valence-corrected chi connectivity index (χ1v) is 11.4. The SMILES string of the molecule is COc1ccc(-n2c(C)ccc2[C@H]2[C@@H](c3ccccn3)NC(=S)N2Cc2ccccc2)cc1. The summed E-state index contributed by atoms with van der Waals surface area (Å²) in [6.07, 6.45) is 1.84. The minimum absolute atomic E-state index is 0.0246. The molecule has 0 radical (unpaired) electrons. The molecule has 2 aromatic heterocycles. The van der Waals surface area contributed by atoms with Crippen molar-refractivity contribution in [1.29, 1.82) is 0 Å². The van der Waals surface area contributed by atoms with Crippen LogP contribution in [0.5, 0.6) is 5.75 Å². The molecule has 2 atom stereocenters. The number of hydrogen-bond acceptors (Lipinski definition) is 3. The molecule has 1 aliphatic heterocycles. The lowest BCUT2D eigenvalue weighted by molar-refractivity contribution is 0.302. The van der Waals surface area contributed by atoms with Crippen molar-refractivity contribution in [3.63, 3.8) is 0 Å². The molecule has 3 heterocycles. The standard InChI is InChI=1S/C27H26N4OS/c1-19-11-16-24(31(19)21-12-14-22(32-2)15-13-21)26-25(23-10-6-7-17-28-23)29-27(33)30(26)18-20-8-4-3-5-9-20/h3-17,25-26H,18H2,1-2H3,(H,29,33)/t25-,26+/m1/s1. The Labute approximate surface area is 199 Å². The minimum atomic E-state index is -0.0614. The summed E-state index contributed by atoms with van der Waals surface area (Å²) in [5.74, 6) is 0.839. The van der Waals surface area contributed by atoms with Gasteiger partial charge in [-0.15, -0.1) is 0 Å². The van der Waals surface area contributed by atoms with Crippen LogP contribution in [-0.2, 0) is 6.54 Å². The Bertz CT molecular complexity index is 1240. The van der Waals surface area contributed by atoms with Crippen LogP contribution in [0.25, 0.3) is 5.69 Å². The third-order valence-electron chi connectivity index (χ3n) is 6.13. The van der Waals surface area contributed by atoms with Gasteiger partial charge >= 0.3 is 0 Å². The first-order valence-electron chi connectivity index (χ1n) is 11.0. The summed E-state index contributed by atoms with van der Waals surface area (Å²) in [5, 5.41) is 4.29. The average Bonchev–Trinajstić information content (AvgIpc) is 3.39. The van der Waals surface area contributed by atoms with E-state index >= 15 is 0 Å². The third-order valence-corrected chi connectivity index (χ3v) is 6.49. The number of aryl methyl sites for hydroxylation is 1. The molecule has 5 nitrogen and oxygen atoms in total. The monoisotopic (exact) mass is 454 g/mol. The molecule has 166 valence electrons. The summed E-state index contributed by atoms with van der Waals surface area (Å²) in [7, 11) is 1.69. The van der Waals surface area contributed by atoms with E-state index in [1.165, 1.54) is 5.56 Å². The molecule has 1 saturated heterocycles. The Morgan fingerprint density at radius 2 is 1.70 bits per heavy atom. The maximum atomic E-state index is 5.85. The van der Waals surface area contributed by atoms with E-state index in [0.29, 0.717) is 6.54 Å². The van der Waals surface area contributed by atoms with Gasteiger partial charge < -0.3 is 19.5 Å². The van der Waals surface area contributed by atoms with Crippen molar-refractivity contribution in [1.82, 2.24) is 19.8 Å². The van der Waals surface area contributed by atoms with Gasteiger partial charge in [0.05, 0.1) is 24.9 Å². The van der Waals surface area contributed by atoms with Crippen molar-refractivity contribution in [2.75, 3.05) is 7.11 Å². The molecule has 0 aliphatic carbocycles. The first kappa shape index (κ1) is 21.2. The number of benzene rings is 2. The molecular weight excluding hydrogens is 428 g/mol. The van der Waals surface area contributed by atoms with Crippen molar-refractivity contribution in [3.05, 3.63) is 114 Å². The zero-order valence-electron chi connectivity index (χ0n) is 18.7. The zero-order valence-corrected chi connectivity index (χ0v) is 19.5. The van der Waals surface area contributed by atoms with E-state index in [4.69, 9.17) is 17.0 Å². The largest absolute Gasteiger partial charge is 0.497 e. The maximum absolute atomic E-state index is 5.85. The summed E-state index contributed by atoms with van der Waals surface area (Å²) >= 11 is 5.85. The van der Waals surface area contributed by atoms with Gasteiger partial charge in [0, 0.05) is 29.8 Å². The summed E-state index contributed by atoms with van der Waals surface area (Å²) in [4.78, 5) is 6.95. The number of hydrogen-bond donors (Lipinski definition) is 1. The molecular formula is C27H26N4OS. The van der Waals surface area contributed by atoms with Crippen LogP contribution in [-0.4, -0.2) is 26.7 Å². The number of thiocarbonyl (C=S) groups is 1. The molecule has 0 saturated carbocycles. The molecule has 1 N–H and O–H groups in total. The second-order valence-corrected chi connectivity index (χ2v) is 8.56. The van der Waals surface area contributed by atoms with Crippen molar-refractivity contribution < 1.29 is 4.74 Å². The van der Waals surface area contributed by atoms with Crippen LogP contribution in [0.4, 0.5) is 0 Å². The molecule has 0 unspecified atom stereocenters. The van der Waals surface area contributed by atoms with Crippen molar-refractivity contribution in [2.45, 2.75) is 25.6 Å². The number of pyridine rings is 1. The number of aromatic nitrogens is 2. The Morgan fingerprint density at radius 1 is 0.939 bits per heavy atom. The Balaban J connectivity index is 1.62. The molecule has 0 spiro atoms. The molecule has 6 heteroatoms. The van der Waals surface area contributed by atoms with E-state index in [-0.39, 0.29) is 12.1 Å². The molecule has 0 bridgehead atoms. The van der Waals surface area contributed by atoms with Crippen LogP contribution in [0, 0.1) is 6.92 Å². The Kier molecular flexibility index (Phi) is 5.84. The summed E-state index contributed by atoms with van der Waals surface area (Å²) in [6, 6.07) is 28.9. The minimum Gasteiger partial charge on any atom is -0.497 e. The Morgan fingerprint density at radius 3 is 2.39 bits per heavy atom. The lowest BCUT2D eigenvalue weighted by atomic mass is 10.0. The third kappa shape index (κ3) is 4.10. The fraction of sp³-hybridized carbons (Fsp3) is 0.185. The van der Waals surface area contributed by atoms with Gasteiger partial charge in [-0.1, -0.05) is 36.4 Å². The van der Waals surface area contributed by atoms with Crippen molar-refractivity contribution >= 4 is 17.3 Å². The molecule has 1 aliphatic rings. The predicted octanol–water partition coefficient (Wildman–Crippen LogP) is 5.36. The second-order valence-electron chi connectivity index (χ2n) is 8.17. The van der Waals surface area contributed by atoms with Crippen LogP contribution in [0.2, 0.25) is 0 Å². The predicted molar refractivity (Wildman–Crippen MR) is 134 cm³/mol. The van der Waals surface area contributed by atoms with Gasteiger partial charge in [0.1, 0.15) is 5.75 Å². The highest BCUT2D eigenvalue weighted by Gasteiger charge is 2.41. The highest BCUT2D eigenvalue weighted by atomic mass is 32.1.